The quantitative estimate of drug-likeness (QED) is 0.418. The van der Waals surface area contributed by atoms with Gasteiger partial charge < -0.3 is 16.0 Å². The lowest BCUT2D eigenvalue weighted by molar-refractivity contribution is -0.895. The maximum atomic E-state index is 12.1. The molecule has 1 aliphatic heterocycles. The summed E-state index contributed by atoms with van der Waals surface area (Å²) >= 11 is 3.05. The highest BCUT2D eigenvalue weighted by atomic mass is 32.2. The average Bonchev–Trinajstić information content (AvgIpc) is 3.05. The van der Waals surface area contributed by atoms with Gasteiger partial charge in [-0.15, -0.1) is 11.3 Å². The number of anilines is 1. The summed E-state index contributed by atoms with van der Waals surface area (Å²) in [7, 11) is 2.21. The molecular formula is C20H24N5OS2+. The molecule has 4 N–H and O–H groups in total. The molecule has 1 amide bonds. The number of hydrogen-bond donors (Lipinski definition) is 3. The zero-order valence-electron chi connectivity index (χ0n) is 15.8. The van der Waals surface area contributed by atoms with Crippen LogP contribution < -0.4 is 16.0 Å². The number of amides is 1. The van der Waals surface area contributed by atoms with Crippen molar-refractivity contribution in [3.8, 4) is 0 Å². The Kier molecular flexibility index (Phi) is 5.79. The molecule has 28 heavy (non-hydrogen) atoms. The first-order valence-corrected chi connectivity index (χ1v) is 11.2. The first-order chi connectivity index (χ1) is 13.6. The van der Waals surface area contributed by atoms with Crippen LogP contribution in [0.2, 0.25) is 0 Å². The van der Waals surface area contributed by atoms with Crippen molar-refractivity contribution < 1.29 is 9.69 Å². The second-order valence-electron chi connectivity index (χ2n) is 7.08. The number of fused-ring (bicyclic) bond motifs is 3. The Hall–Kier alpha value is -2.16. The third-order valence-electron chi connectivity index (χ3n) is 4.92. The van der Waals surface area contributed by atoms with Gasteiger partial charge in [0.2, 0.25) is 5.91 Å². The Morgan fingerprint density at radius 1 is 1.32 bits per heavy atom. The van der Waals surface area contributed by atoms with Gasteiger partial charge in [0, 0.05) is 13.0 Å². The van der Waals surface area contributed by atoms with Crippen LogP contribution >= 0.6 is 23.1 Å². The number of carbonyl (C=O) groups excluding carboxylic acids is 1. The summed E-state index contributed by atoms with van der Waals surface area (Å²) in [6.07, 6.45) is 1.84. The normalized spacial score (nSPS) is 16.1. The van der Waals surface area contributed by atoms with Crippen LogP contribution in [0.5, 0.6) is 0 Å². The van der Waals surface area contributed by atoms with Crippen LogP contribution in [-0.2, 0) is 24.2 Å². The van der Waals surface area contributed by atoms with Gasteiger partial charge in [0.1, 0.15) is 17.2 Å². The van der Waals surface area contributed by atoms with Crippen molar-refractivity contribution >= 4 is 45.0 Å². The topological polar surface area (TPSA) is 85.3 Å². The number of nitrogens with one attached hydrogen (secondary N) is 2. The lowest BCUT2D eigenvalue weighted by atomic mass is 10.1. The second kappa shape index (κ2) is 8.46. The highest BCUT2D eigenvalue weighted by Gasteiger charge is 2.24. The van der Waals surface area contributed by atoms with Crippen molar-refractivity contribution in [2.24, 2.45) is 0 Å². The van der Waals surface area contributed by atoms with E-state index >= 15 is 0 Å². The van der Waals surface area contributed by atoms with Crippen LogP contribution in [0.25, 0.3) is 10.2 Å². The zero-order valence-corrected chi connectivity index (χ0v) is 17.5. The van der Waals surface area contributed by atoms with Crippen LogP contribution in [0.4, 0.5) is 5.82 Å². The van der Waals surface area contributed by atoms with E-state index in [0.717, 1.165) is 36.1 Å². The number of aromatic nitrogens is 2. The first-order valence-electron chi connectivity index (χ1n) is 9.42. The molecule has 4 rings (SSSR count). The highest BCUT2D eigenvalue weighted by Crippen LogP contribution is 2.35. The fraction of sp³-hybridized carbons (Fsp3) is 0.350. The monoisotopic (exact) mass is 414 g/mol. The number of nitrogen functional groups attached to an aromatic ring is 1. The molecule has 3 heterocycles. The van der Waals surface area contributed by atoms with E-state index < -0.39 is 0 Å². The molecule has 3 aromatic rings. The van der Waals surface area contributed by atoms with E-state index in [1.165, 1.54) is 32.7 Å². The van der Waals surface area contributed by atoms with E-state index in [4.69, 9.17) is 5.73 Å². The van der Waals surface area contributed by atoms with Gasteiger partial charge in [-0.05, 0) is 17.5 Å². The highest BCUT2D eigenvalue weighted by molar-refractivity contribution is 7.99. The molecule has 1 aromatic carbocycles. The van der Waals surface area contributed by atoms with Crippen LogP contribution in [0, 0.1) is 0 Å². The molecule has 6 nitrogen and oxygen atoms in total. The number of carbonyl (C=O) groups is 1. The standard InChI is InChI=1S/C20H23N5OS2/c1-25-10-8-14-15(11-25)28-19-17(14)18(21)23-20(24-19)27-12-16(26)22-9-7-13-5-3-2-4-6-13/h2-6H,7-12H2,1H3,(H,22,26)(H2,21,23,24)/p+1. The molecule has 1 unspecified atom stereocenters. The molecule has 0 bridgehead atoms. The van der Waals surface area contributed by atoms with Crippen LogP contribution in [-0.4, -0.2) is 41.8 Å². The fourth-order valence-electron chi connectivity index (χ4n) is 3.46. The Bertz CT molecular complexity index is 989. The molecule has 0 fully saturated rings. The number of nitrogens with two attached hydrogens (primary N) is 1. The van der Waals surface area contributed by atoms with Crippen LogP contribution in [0.1, 0.15) is 16.0 Å². The maximum absolute atomic E-state index is 12.1. The Morgan fingerprint density at radius 3 is 2.96 bits per heavy atom. The predicted molar refractivity (Wildman–Crippen MR) is 115 cm³/mol. The predicted octanol–water partition coefficient (Wildman–Crippen LogP) is 1.30. The summed E-state index contributed by atoms with van der Waals surface area (Å²) in [5.41, 5.74) is 8.78. The molecule has 0 radical (unpaired) electrons. The summed E-state index contributed by atoms with van der Waals surface area (Å²) in [4.78, 5) is 25.1. The van der Waals surface area contributed by atoms with Gasteiger partial charge in [-0.25, -0.2) is 9.97 Å². The number of nitrogens with zero attached hydrogens (tertiary/aromatic N) is 2. The minimum Gasteiger partial charge on any atom is -0.383 e. The van der Waals surface area contributed by atoms with E-state index in [-0.39, 0.29) is 11.7 Å². The second-order valence-corrected chi connectivity index (χ2v) is 9.11. The molecule has 0 aliphatic carbocycles. The Labute approximate surface area is 172 Å². The average molecular weight is 415 g/mol. The third kappa shape index (κ3) is 4.29. The minimum atomic E-state index is -0.0149. The molecule has 1 atom stereocenters. The summed E-state index contributed by atoms with van der Waals surface area (Å²) < 4.78 is 0. The number of thiophene rings is 1. The fourth-order valence-corrected chi connectivity index (χ4v) is 5.54. The molecule has 2 aromatic heterocycles. The smallest absolute Gasteiger partial charge is 0.230 e. The molecular weight excluding hydrogens is 390 g/mol. The van der Waals surface area contributed by atoms with E-state index in [0.29, 0.717) is 17.5 Å². The number of quaternary nitrogens is 1. The molecule has 8 heteroatoms. The van der Waals surface area contributed by atoms with Crippen molar-refractivity contribution in [2.45, 2.75) is 24.5 Å². The van der Waals surface area contributed by atoms with Crippen molar-refractivity contribution in [3.63, 3.8) is 0 Å². The Balaban J connectivity index is 1.36. The van der Waals surface area contributed by atoms with Crippen LogP contribution in [0.15, 0.2) is 35.5 Å². The number of likely N-dealkylation sites (N-methyl/N-ethyl adjacent to an activating group) is 1. The van der Waals surface area contributed by atoms with Gasteiger partial charge in [0.05, 0.1) is 29.6 Å². The molecule has 1 aliphatic rings. The minimum absolute atomic E-state index is 0.0149. The van der Waals surface area contributed by atoms with Gasteiger partial charge in [-0.3, -0.25) is 4.79 Å². The summed E-state index contributed by atoms with van der Waals surface area (Å²) in [6, 6.07) is 10.1. The summed E-state index contributed by atoms with van der Waals surface area (Å²) in [5, 5.41) is 4.54. The van der Waals surface area contributed by atoms with Gasteiger partial charge in [0.15, 0.2) is 5.16 Å². The maximum Gasteiger partial charge on any atom is 0.230 e. The van der Waals surface area contributed by atoms with Crippen LogP contribution in [0.3, 0.4) is 0 Å². The van der Waals surface area contributed by atoms with E-state index in [1.807, 2.05) is 18.2 Å². The number of benzene rings is 1. The molecule has 146 valence electrons. The Morgan fingerprint density at radius 2 is 2.14 bits per heavy atom. The molecule has 0 saturated heterocycles. The van der Waals surface area contributed by atoms with E-state index in [9.17, 15) is 4.79 Å². The van der Waals surface area contributed by atoms with Gasteiger partial charge in [-0.2, -0.15) is 0 Å². The zero-order chi connectivity index (χ0) is 19.5. The van der Waals surface area contributed by atoms with E-state index in [2.05, 4.69) is 34.5 Å². The molecule has 0 saturated carbocycles. The van der Waals surface area contributed by atoms with Gasteiger partial charge in [0.25, 0.3) is 0 Å². The van der Waals surface area contributed by atoms with Gasteiger partial charge in [-0.1, -0.05) is 42.1 Å². The van der Waals surface area contributed by atoms with Crippen molar-refractivity contribution in [2.75, 3.05) is 31.6 Å². The largest absolute Gasteiger partial charge is 0.383 e. The SMILES string of the molecule is C[NH+]1CCc2c(sc3nc(SCC(=O)NCCc4ccccc4)nc(N)c23)C1. The summed E-state index contributed by atoms with van der Waals surface area (Å²) in [5.74, 6) is 0.811. The number of rotatable bonds is 6. The number of hydrogen-bond acceptors (Lipinski definition) is 6. The molecule has 0 spiro atoms. The van der Waals surface area contributed by atoms with Crippen molar-refractivity contribution in [3.05, 3.63) is 46.3 Å². The van der Waals surface area contributed by atoms with Crippen molar-refractivity contribution in [1.82, 2.24) is 15.3 Å². The van der Waals surface area contributed by atoms with E-state index in [1.54, 1.807) is 11.3 Å². The summed E-state index contributed by atoms with van der Waals surface area (Å²) in [6.45, 7) is 2.75. The lowest BCUT2D eigenvalue weighted by Gasteiger charge is -2.19. The van der Waals surface area contributed by atoms with Gasteiger partial charge >= 0.3 is 0 Å². The lowest BCUT2D eigenvalue weighted by Crippen LogP contribution is -3.08. The third-order valence-corrected chi connectivity index (χ3v) is 6.89. The number of thioether (sulfide) groups is 1. The first kappa shape index (κ1) is 19.2. The van der Waals surface area contributed by atoms with Crippen molar-refractivity contribution in [1.29, 1.82) is 0 Å².